The molecule has 0 amide bonds. The Kier molecular flexibility index (Phi) is 4.29. The molecule has 3 nitrogen and oxygen atoms in total. The molecule has 0 radical (unpaired) electrons. The summed E-state index contributed by atoms with van der Waals surface area (Å²) in [4.78, 5) is 3.49. The zero-order valence-electron chi connectivity index (χ0n) is 18.2. The Bertz CT molecular complexity index is 1590. The highest BCUT2D eigenvalue weighted by molar-refractivity contribution is 5.91. The van der Waals surface area contributed by atoms with Crippen molar-refractivity contribution in [2.45, 2.75) is 5.92 Å². The fourth-order valence-electron chi connectivity index (χ4n) is 5.00. The number of fused-ring (bicyclic) bond motifs is 3. The summed E-state index contributed by atoms with van der Waals surface area (Å²) in [5.74, 6) is 0.958. The molecule has 6 aromatic rings. The van der Waals surface area contributed by atoms with Crippen molar-refractivity contribution in [2.24, 2.45) is 7.05 Å². The van der Waals surface area contributed by atoms with E-state index >= 15 is 0 Å². The third-order valence-electron chi connectivity index (χ3n) is 6.58. The summed E-state index contributed by atoms with van der Waals surface area (Å²) in [5, 5.41) is 4.99. The first kappa shape index (κ1) is 18.8. The molecule has 0 aliphatic carbocycles. The molecule has 2 aromatic heterocycles. The molecule has 4 aromatic carbocycles. The van der Waals surface area contributed by atoms with Crippen LogP contribution < -0.4 is 4.74 Å². The molecule has 3 heteroatoms. The lowest BCUT2D eigenvalue weighted by molar-refractivity contribution is 0.415. The minimum Gasteiger partial charge on any atom is -0.497 e. The number of aromatic nitrogens is 2. The van der Waals surface area contributed by atoms with Crippen molar-refractivity contribution in [3.05, 3.63) is 114 Å². The molecule has 1 atom stereocenters. The van der Waals surface area contributed by atoms with Crippen LogP contribution in [-0.2, 0) is 7.05 Å². The van der Waals surface area contributed by atoms with Crippen LogP contribution in [0.1, 0.15) is 22.6 Å². The van der Waals surface area contributed by atoms with Crippen molar-refractivity contribution in [1.82, 2.24) is 9.55 Å². The van der Waals surface area contributed by atoms with E-state index in [1.807, 2.05) is 6.07 Å². The van der Waals surface area contributed by atoms with E-state index in [1.54, 1.807) is 7.11 Å². The Morgan fingerprint density at radius 1 is 0.781 bits per heavy atom. The third kappa shape index (κ3) is 2.89. The molecular weight excluding hydrogens is 392 g/mol. The zero-order valence-corrected chi connectivity index (χ0v) is 18.2. The lowest BCUT2D eigenvalue weighted by Crippen LogP contribution is -2.03. The predicted octanol–water partition coefficient (Wildman–Crippen LogP) is 7.00. The number of hydrogen-bond donors (Lipinski definition) is 1. The molecule has 0 bridgehead atoms. The maximum Gasteiger partial charge on any atom is 0.119 e. The Morgan fingerprint density at radius 2 is 1.59 bits per heavy atom. The fourth-order valence-corrected chi connectivity index (χ4v) is 5.00. The quantitative estimate of drug-likeness (QED) is 0.329. The molecule has 6 rings (SSSR count). The molecule has 0 saturated carbocycles. The van der Waals surface area contributed by atoms with Gasteiger partial charge in [0.2, 0.25) is 0 Å². The summed E-state index contributed by atoms with van der Waals surface area (Å²) in [7, 11) is 3.85. The highest BCUT2D eigenvalue weighted by Crippen LogP contribution is 2.41. The highest BCUT2D eigenvalue weighted by atomic mass is 16.5. The minimum atomic E-state index is 0.0894. The Hall–Kier alpha value is -3.98. The first-order valence-corrected chi connectivity index (χ1v) is 10.9. The van der Waals surface area contributed by atoms with Crippen molar-refractivity contribution in [1.29, 1.82) is 0 Å². The number of para-hydroxylation sites is 1. The Morgan fingerprint density at radius 3 is 2.47 bits per heavy atom. The average Bonchev–Trinajstić information content (AvgIpc) is 3.40. The minimum absolute atomic E-state index is 0.0894. The van der Waals surface area contributed by atoms with Gasteiger partial charge in [-0.2, -0.15) is 0 Å². The summed E-state index contributed by atoms with van der Waals surface area (Å²) >= 11 is 0. The van der Waals surface area contributed by atoms with Crippen molar-refractivity contribution < 1.29 is 4.74 Å². The van der Waals surface area contributed by atoms with Crippen LogP contribution in [0.3, 0.4) is 0 Å². The first-order valence-electron chi connectivity index (χ1n) is 10.9. The van der Waals surface area contributed by atoms with Crippen molar-refractivity contribution in [3.63, 3.8) is 0 Å². The lowest BCUT2D eigenvalue weighted by atomic mass is 9.84. The number of methoxy groups -OCH3 is 1. The second-order valence-corrected chi connectivity index (χ2v) is 8.41. The number of ether oxygens (including phenoxy) is 1. The smallest absolute Gasteiger partial charge is 0.119 e. The molecule has 0 fully saturated rings. The number of nitrogens with one attached hydrogen (secondary N) is 1. The van der Waals surface area contributed by atoms with Gasteiger partial charge in [0.1, 0.15) is 5.75 Å². The van der Waals surface area contributed by atoms with Crippen LogP contribution in [0.2, 0.25) is 0 Å². The number of nitrogens with zero attached hydrogens (tertiary/aromatic N) is 1. The summed E-state index contributed by atoms with van der Waals surface area (Å²) < 4.78 is 7.78. The van der Waals surface area contributed by atoms with Gasteiger partial charge < -0.3 is 14.3 Å². The second kappa shape index (κ2) is 7.31. The number of H-pyrrole nitrogens is 1. The van der Waals surface area contributed by atoms with Gasteiger partial charge in [-0.15, -0.1) is 0 Å². The summed E-state index contributed by atoms with van der Waals surface area (Å²) in [5.41, 5.74) is 6.20. The Labute approximate surface area is 186 Å². The van der Waals surface area contributed by atoms with Gasteiger partial charge in [0.25, 0.3) is 0 Å². The van der Waals surface area contributed by atoms with Crippen LogP contribution in [0.4, 0.5) is 0 Å². The number of hydrogen-bond acceptors (Lipinski definition) is 1. The van der Waals surface area contributed by atoms with Crippen LogP contribution in [0.15, 0.2) is 97.3 Å². The Balaban J connectivity index is 1.66. The number of aromatic amines is 1. The van der Waals surface area contributed by atoms with Gasteiger partial charge >= 0.3 is 0 Å². The molecule has 0 aliphatic heterocycles. The van der Waals surface area contributed by atoms with E-state index in [1.165, 1.54) is 43.8 Å². The van der Waals surface area contributed by atoms with Crippen LogP contribution in [0.25, 0.3) is 32.6 Å². The molecule has 1 N–H and O–H groups in total. The van der Waals surface area contributed by atoms with Crippen molar-refractivity contribution in [3.8, 4) is 5.75 Å². The van der Waals surface area contributed by atoms with E-state index in [0.717, 1.165) is 11.3 Å². The molecular formula is C29H24N2O. The maximum atomic E-state index is 5.55. The van der Waals surface area contributed by atoms with E-state index in [-0.39, 0.29) is 5.92 Å². The fraction of sp³-hybridized carbons (Fsp3) is 0.103. The number of benzene rings is 4. The summed E-state index contributed by atoms with van der Waals surface area (Å²) in [6.07, 6.45) is 4.44. The van der Waals surface area contributed by atoms with E-state index in [2.05, 4.69) is 108 Å². The lowest BCUT2D eigenvalue weighted by Gasteiger charge is -2.18. The maximum absolute atomic E-state index is 5.55. The molecule has 2 heterocycles. The molecule has 0 saturated heterocycles. The standard InChI is InChI=1S/C29H24N2O/c1-31-18-26(23-9-5-6-10-28(23)31)29(21-12-11-19-7-3-4-8-20(19)15-21)25-17-30-27-14-13-22(32-2)16-24(25)27/h3-18,29-30H,1-2H3. The first-order chi connectivity index (χ1) is 15.7. The van der Waals surface area contributed by atoms with Crippen LogP contribution >= 0.6 is 0 Å². The molecule has 32 heavy (non-hydrogen) atoms. The van der Waals surface area contributed by atoms with Gasteiger partial charge in [-0.1, -0.05) is 60.7 Å². The van der Waals surface area contributed by atoms with Gasteiger partial charge in [0.15, 0.2) is 0 Å². The predicted molar refractivity (Wildman–Crippen MR) is 133 cm³/mol. The number of rotatable bonds is 4. The van der Waals surface area contributed by atoms with Crippen molar-refractivity contribution in [2.75, 3.05) is 7.11 Å². The van der Waals surface area contributed by atoms with Crippen LogP contribution in [0.5, 0.6) is 5.75 Å². The van der Waals surface area contributed by atoms with Gasteiger partial charge in [-0.25, -0.2) is 0 Å². The van der Waals surface area contributed by atoms with Gasteiger partial charge in [-0.3, -0.25) is 0 Å². The van der Waals surface area contributed by atoms with Crippen LogP contribution in [0, 0.1) is 0 Å². The van der Waals surface area contributed by atoms with Gasteiger partial charge in [-0.05, 0) is 51.7 Å². The van der Waals surface area contributed by atoms with Crippen molar-refractivity contribution >= 4 is 32.6 Å². The van der Waals surface area contributed by atoms with E-state index in [0.29, 0.717) is 0 Å². The van der Waals surface area contributed by atoms with E-state index in [4.69, 9.17) is 4.74 Å². The van der Waals surface area contributed by atoms with Gasteiger partial charge in [0.05, 0.1) is 7.11 Å². The monoisotopic (exact) mass is 416 g/mol. The SMILES string of the molecule is COc1ccc2[nH]cc(C(c3ccc4ccccc4c3)c3cn(C)c4ccccc34)c2c1. The third-order valence-corrected chi connectivity index (χ3v) is 6.58. The molecule has 0 aliphatic rings. The second-order valence-electron chi connectivity index (χ2n) is 8.41. The molecule has 0 spiro atoms. The molecule has 1 unspecified atom stereocenters. The average molecular weight is 417 g/mol. The van der Waals surface area contributed by atoms with Crippen LogP contribution in [-0.4, -0.2) is 16.7 Å². The zero-order chi connectivity index (χ0) is 21.7. The normalized spacial score (nSPS) is 12.6. The topological polar surface area (TPSA) is 29.9 Å². The number of aryl methyl sites for hydroxylation is 1. The van der Waals surface area contributed by atoms with E-state index < -0.39 is 0 Å². The van der Waals surface area contributed by atoms with Gasteiger partial charge in [0, 0.05) is 47.2 Å². The molecule has 156 valence electrons. The summed E-state index contributed by atoms with van der Waals surface area (Å²) in [6, 6.07) is 30.3. The largest absolute Gasteiger partial charge is 0.497 e. The summed E-state index contributed by atoms with van der Waals surface area (Å²) in [6.45, 7) is 0. The highest BCUT2D eigenvalue weighted by Gasteiger charge is 2.24. The van der Waals surface area contributed by atoms with E-state index in [9.17, 15) is 0 Å².